The zero-order chi connectivity index (χ0) is 21.6. The molecule has 29 heavy (non-hydrogen) atoms. The first kappa shape index (κ1) is 25.6. The van der Waals surface area contributed by atoms with E-state index in [4.69, 9.17) is 4.74 Å². The van der Waals surface area contributed by atoms with E-state index < -0.39 is 0 Å². The lowest BCUT2D eigenvalue weighted by atomic mass is 9.91. The third-order valence-corrected chi connectivity index (χ3v) is 6.07. The Morgan fingerprint density at radius 1 is 0.931 bits per heavy atom. The highest BCUT2D eigenvalue weighted by atomic mass is 16.5. The van der Waals surface area contributed by atoms with E-state index in [-0.39, 0.29) is 0 Å². The molecule has 0 aliphatic rings. The number of ether oxygens (including phenoxy) is 1. The first-order valence-electron chi connectivity index (χ1n) is 11.8. The molecule has 0 aliphatic carbocycles. The van der Waals surface area contributed by atoms with E-state index in [1.807, 2.05) is 6.07 Å². The predicted molar refractivity (Wildman–Crippen MR) is 127 cm³/mol. The van der Waals surface area contributed by atoms with Gasteiger partial charge in [-0.1, -0.05) is 84.3 Å². The van der Waals surface area contributed by atoms with E-state index in [1.54, 1.807) is 19.2 Å². The molecular weight excluding hydrogens is 356 g/mol. The smallest absolute Gasteiger partial charge is 0.122 e. The topological polar surface area (TPSA) is 29.5 Å². The van der Waals surface area contributed by atoms with Gasteiger partial charge in [-0.25, -0.2) is 0 Å². The predicted octanol–water partition coefficient (Wildman–Crippen LogP) is 8.33. The van der Waals surface area contributed by atoms with Gasteiger partial charge in [-0.05, 0) is 62.1 Å². The van der Waals surface area contributed by atoms with Gasteiger partial charge in [0.25, 0.3) is 0 Å². The Hall–Kier alpha value is -1.44. The standard InChI is InChI=1S/C27H46O2/c1-21(2)10-7-11-22(3)12-8-13-23(4)14-9-15-24(5)16-17-25-20-26(28)18-19-27(25)29-6/h16,18-23,28H,7-15,17H2,1-6H3/t22-,23-/m1/s1. The minimum atomic E-state index is 0.301. The van der Waals surface area contributed by atoms with Crippen LogP contribution in [0.4, 0.5) is 0 Å². The molecule has 0 spiro atoms. The van der Waals surface area contributed by atoms with Crippen molar-refractivity contribution in [1.82, 2.24) is 0 Å². The number of hydrogen-bond acceptors (Lipinski definition) is 2. The molecule has 2 heteroatoms. The lowest BCUT2D eigenvalue weighted by Crippen LogP contribution is -2.00. The van der Waals surface area contributed by atoms with E-state index in [0.29, 0.717) is 5.75 Å². The Bertz CT molecular complexity index is 588. The minimum Gasteiger partial charge on any atom is -0.508 e. The van der Waals surface area contributed by atoms with Crippen LogP contribution < -0.4 is 4.74 Å². The van der Waals surface area contributed by atoms with Crippen molar-refractivity contribution in [1.29, 1.82) is 0 Å². The van der Waals surface area contributed by atoms with Crippen molar-refractivity contribution >= 4 is 0 Å². The molecule has 0 aromatic heterocycles. The molecule has 0 saturated carbocycles. The highest BCUT2D eigenvalue weighted by Crippen LogP contribution is 2.25. The Labute approximate surface area is 180 Å². The summed E-state index contributed by atoms with van der Waals surface area (Å²) < 4.78 is 5.39. The summed E-state index contributed by atoms with van der Waals surface area (Å²) in [4.78, 5) is 0. The second kappa shape index (κ2) is 14.5. The summed E-state index contributed by atoms with van der Waals surface area (Å²) in [7, 11) is 1.68. The maximum Gasteiger partial charge on any atom is 0.122 e. The van der Waals surface area contributed by atoms with Crippen LogP contribution in [-0.4, -0.2) is 12.2 Å². The Balaban J connectivity index is 2.20. The number of rotatable bonds is 15. The molecule has 0 amide bonds. The number of benzene rings is 1. The lowest BCUT2D eigenvalue weighted by molar-refractivity contribution is 0.389. The Morgan fingerprint density at radius 2 is 1.52 bits per heavy atom. The first-order chi connectivity index (χ1) is 13.8. The molecule has 2 atom stereocenters. The molecule has 1 aromatic carbocycles. The summed E-state index contributed by atoms with van der Waals surface area (Å²) in [5.41, 5.74) is 2.48. The number of aromatic hydroxyl groups is 1. The summed E-state index contributed by atoms with van der Waals surface area (Å²) in [5.74, 6) is 3.72. The van der Waals surface area contributed by atoms with Gasteiger partial charge >= 0.3 is 0 Å². The molecule has 1 N–H and O–H groups in total. The largest absolute Gasteiger partial charge is 0.508 e. The fourth-order valence-corrected chi connectivity index (χ4v) is 4.02. The van der Waals surface area contributed by atoms with E-state index in [0.717, 1.165) is 41.9 Å². The molecule has 0 aliphatic heterocycles. The van der Waals surface area contributed by atoms with E-state index >= 15 is 0 Å². The Morgan fingerprint density at radius 3 is 2.10 bits per heavy atom. The summed E-state index contributed by atoms with van der Waals surface area (Å²) in [6.07, 6.45) is 15.2. The lowest BCUT2D eigenvalue weighted by Gasteiger charge is -2.15. The van der Waals surface area contributed by atoms with Crippen molar-refractivity contribution in [3.05, 3.63) is 35.4 Å². The van der Waals surface area contributed by atoms with Gasteiger partial charge < -0.3 is 9.84 Å². The van der Waals surface area contributed by atoms with Gasteiger partial charge in [0, 0.05) is 5.56 Å². The molecule has 0 unspecified atom stereocenters. The van der Waals surface area contributed by atoms with Gasteiger partial charge in [0.2, 0.25) is 0 Å². The summed E-state index contributed by atoms with van der Waals surface area (Å²) in [6, 6.07) is 5.31. The van der Waals surface area contributed by atoms with Gasteiger partial charge in [-0.2, -0.15) is 0 Å². The molecule has 1 aromatic rings. The van der Waals surface area contributed by atoms with Gasteiger partial charge in [0.15, 0.2) is 0 Å². The number of phenols is 1. The average Bonchev–Trinajstić information content (AvgIpc) is 2.66. The van der Waals surface area contributed by atoms with Crippen molar-refractivity contribution in [2.45, 2.75) is 98.8 Å². The van der Waals surface area contributed by atoms with Crippen LogP contribution in [0.15, 0.2) is 29.8 Å². The van der Waals surface area contributed by atoms with Gasteiger partial charge in [0.05, 0.1) is 7.11 Å². The molecule has 2 nitrogen and oxygen atoms in total. The third kappa shape index (κ3) is 12.0. The normalized spacial score (nSPS) is 14.2. The van der Waals surface area contributed by atoms with E-state index in [9.17, 15) is 5.11 Å². The summed E-state index contributed by atoms with van der Waals surface area (Å²) >= 11 is 0. The van der Waals surface area contributed by atoms with Gasteiger partial charge in [-0.15, -0.1) is 0 Å². The highest BCUT2D eigenvalue weighted by Gasteiger charge is 2.07. The van der Waals surface area contributed by atoms with Crippen molar-refractivity contribution in [2.75, 3.05) is 7.11 Å². The maximum absolute atomic E-state index is 9.69. The molecule has 0 heterocycles. The minimum absolute atomic E-state index is 0.301. The van der Waals surface area contributed by atoms with Crippen LogP contribution in [0.25, 0.3) is 0 Å². The van der Waals surface area contributed by atoms with Crippen molar-refractivity contribution in [3.63, 3.8) is 0 Å². The second-order valence-corrected chi connectivity index (χ2v) is 9.61. The van der Waals surface area contributed by atoms with Crippen LogP contribution in [0.3, 0.4) is 0 Å². The van der Waals surface area contributed by atoms with Gasteiger partial charge in [0.1, 0.15) is 11.5 Å². The second-order valence-electron chi connectivity index (χ2n) is 9.61. The van der Waals surface area contributed by atoms with Crippen LogP contribution in [0.2, 0.25) is 0 Å². The van der Waals surface area contributed by atoms with Crippen LogP contribution in [0.5, 0.6) is 11.5 Å². The number of allylic oxidation sites excluding steroid dienone is 2. The number of methoxy groups -OCH3 is 1. The molecule has 0 bridgehead atoms. The summed E-state index contributed by atoms with van der Waals surface area (Å²) in [6.45, 7) is 11.7. The first-order valence-corrected chi connectivity index (χ1v) is 11.8. The van der Waals surface area contributed by atoms with Gasteiger partial charge in [-0.3, -0.25) is 0 Å². The SMILES string of the molecule is COc1ccc(O)cc1CC=C(C)CCC[C@H](C)CCC[C@H](C)CCCC(C)C. The monoisotopic (exact) mass is 402 g/mol. The molecule has 0 fully saturated rings. The quantitative estimate of drug-likeness (QED) is 0.299. The zero-order valence-electron chi connectivity index (χ0n) is 20.0. The fourth-order valence-electron chi connectivity index (χ4n) is 4.02. The van der Waals surface area contributed by atoms with E-state index in [2.05, 4.69) is 40.7 Å². The number of hydrogen-bond donors (Lipinski definition) is 1. The highest BCUT2D eigenvalue weighted by molar-refractivity contribution is 5.40. The summed E-state index contributed by atoms with van der Waals surface area (Å²) in [5, 5.41) is 9.69. The number of phenolic OH excluding ortho intramolecular Hbond substituents is 1. The molecule has 166 valence electrons. The van der Waals surface area contributed by atoms with Crippen LogP contribution in [0, 0.1) is 17.8 Å². The zero-order valence-corrected chi connectivity index (χ0v) is 20.0. The van der Waals surface area contributed by atoms with Crippen LogP contribution >= 0.6 is 0 Å². The van der Waals surface area contributed by atoms with Crippen molar-refractivity contribution in [2.24, 2.45) is 17.8 Å². The molecular formula is C27H46O2. The average molecular weight is 403 g/mol. The third-order valence-electron chi connectivity index (χ3n) is 6.07. The molecule has 1 rings (SSSR count). The Kier molecular flexibility index (Phi) is 12.8. The van der Waals surface area contributed by atoms with Crippen molar-refractivity contribution < 1.29 is 9.84 Å². The van der Waals surface area contributed by atoms with Crippen LogP contribution in [-0.2, 0) is 6.42 Å². The molecule has 0 radical (unpaired) electrons. The maximum atomic E-state index is 9.69. The molecule has 0 saturated heterocycles. The van der Waals surface area contributed by atoms with Crippen LogP contribution in [0.1, 0.15) is 98.0 Å². The van der Waals surface area contributed by atoms with E-state index in [1.165, 1.54) is 56.9 Å². The van der Waals surface area contributed by atoms with Crippen molar-refractivity contribution in [3.8, 4) is 11.5 Å². The fraction of sp³-hybridized carbons (Fsp3) is 0.704.